The number of fused-ring (bicyclic) bond motifs is 3. The molecule has 1 fully saturated rings. The van der Waals surface area contributed by atoms with E-state index >= 15 is 0 Å². The fourth-order valence-corrected chi connectivity index (χ4v) is 5.03. The van der Waals surface area contributed by atoms with Crippen LogP contribution in [0.3, 0.4) is 0 Å². The van der Waals surface area contributed by atoms with Gasteiger partial charge in [0.25, 0.3) is 11.5 Å². The van der Waals surface area contributed by atoms with Gasteiger partial charge in [0.2, 0.25) is 5.95 Å². The summed E-state index contributed by atoms with van der Waals surface area (Å²) >= 11 is 0. The van der Waals surface area contributed by atoms with Crippen molar-refractivity contribution in [1.29, 1.82) is 0 Å². The van der Waals surface area contributed by atoms with Gasteiger partial charge < -0.3 is 9.80 Å². The Morgan fingerprint density at radius 2 is 1.93 bits per heavy atom. The van der Waals surface area contributed by atoms with E-state index in [1.165, 1.54) is 12.3 Å². The van der Waals surface area contributed by atoms with Crippen molar-refractivity contribution in [2.45, 2.75) is 44.2 Å². The Bertz CT molecular complexity index is 1040. The van der Waals surface area contributed by atoms with Crippen molar-refractivity contribution < 1.29 is 9.18 Å². The van der Waals surface area contributed by atoms with Crippen LogP contribution in [0.15, 0.2) is 23.1 Å². The molecule has 3 aliphatic rings. The number of likely N-dealkylation sites (N-methyl/N-ethyl adjacent to an activating group) is 1. The molecule has 2 aromatic rings. The normalized spacial score (nSPS) is 20.6. The molecule has 0 bridgehead atoms. The highest BCUT2D eigenvalue weighted by molar-refractivity contribution is 5.94. The molecule has 1 spiro atoms. The van der Waals surface area contributed by atoms with Crippen LogP contribution in [-0.2, 0) is 24.9 Å². The fourth-order valence-electron chi connectivity index (χ4n) is 5.03. The molecule has 0 unspecified atom stereocenters. The number of halogens is 1. The van der Waals surface area contributed by atoms with Crippen molar-refractivity contribution in [3.8, 4) is 0 Å². The van der Waals surface area contributed by atoms with E-state index in [1.807, 2.05) is 11.6 Å². The lowest BCUT2D eigenvalue weighted by Gasteiger charge is -2.39. The maximum atomic E-state index is 13.4. The molecule has 0 radical (unpaired) electrons. The molecule has 2 aromatic heterocycles. The number of carbonyl (C=O) groups is 1. The average Bonchev–Trinajstić information content (AvgIpc) is 3.07. The predicted molar refractivity (Wildman–Crippen MR) is 104 cm³/mol. The number of aromatic nitrogens is 3. The molecule has 3 aliphatic heterocycles. The van der Waals surface area contributed by atoms with Crippen molar-refractivity contribution in [3.05, 3.63) is 57.3 Å². The highest BCUT2D eigenvalue weighted by Crippen LogP contribution is 2.42. The molecule has 0 atom stereocenters. The van der Waals surface area contributed by atoms with Crippen molar-refractivity contribution in [3.63, 3.8) is 0 Å². The Kier molecular flexibility index (Phi) is 4.27. The first kappa shape index (κ1) is 18.4. The number of pyridine rings is 1. The Hall–Kier alpha value is -2.61. The van der Waals surface area contributed by atoms with Crippen LogP contribution in [0.1, 0.15) is 46.7 Å². The van der Waals surface area contributed by atoms with Gasteiger partial charge in [0, 0.05) is 62.4 Å². The van der Waals surface area contributed by atoms with E-state index in [0.717, 1.165) is 49.3 Å². The number of carbonyl (C=O) groups excluding carboxylic acids is 1. The van der Waals surface area contributed by atoms with Crippen LogP contribution in [0, 0.1) is 5.95 Å². The van der Waals surface area contributed by atoms with Crippen LogP contribution in [0.4, 0.5) is 4.39 Å². The van der Waals surface area contributed by atoms with Crippen LogP contribution in [-0.4, -0.2) is 56.9 Å². The summed E-state index contributed by atoms with van der Waals surface area (Å²) in [6.07, 6.45) is 4.57. The smallest absolute Gasteiger partial charge is 0.258 e. The summed E-state index contributed by atoms with van der Waals surface area (Å²) in [4.78, 5) is 38.2. The summed E-state index contributed by atoms with van der Waals surface area (Å²) in [5, 5.41) is 0. The quantitative estimate of drug-likeness (QED) is 0.680. The first-order chi connectivity index (χ1) is 14.0. The topological polar surface area (TPSA) is 71.3 Å². The second-order valence-electron chi connectivity index (χ2n) is 8.50. The summed E-state index contributed by atoms with van der Waals surface area (Å²) < 4.78 is 15.2. The number of hydrogen-bond acceptors (Lipinski definition) is 5. The monoisotopic (exact) mass is 397 g/mol. The first-order valence-corrected chi connectivity index (χ1v) is 10.2. The molecule has 0 aromatic carbocycles. The van der Waals surface area contributed by atoms with Crippen LogP contribution >= 0.6 is 0 Å². The maximum Gasteiger partial charge on any atom is 0.258 e. The number of hydrogen-bond donors (Lipinski definition) is 0. The van der Waals surface area contributed by atoms with Crippen molar-refractivity contribution in [2.24, 2.45) is 0 Å². The zero-order valence-electron chi connectivity index (χ0n) is 16.5. The highest BCUT2D eigenvalue weighted by Gasteiger charge is 2.45. The van der Waals surface area contributed by atoms with Crippen LogP contribution in [0.2, 0.25) is 0 Å². The predicted octanol–water partition coefficient (Wildman–Crippen LogP) is 1.34. The van der Waals surface area contributed by atoms with Gasteiger partial charge in [0.15, 0.2) is 0 Å². The van der Waals surface area contributed by atoms with Crippen LogP contribution in [0.25, 0.3) is 0 Å². The largest absolute Gasteiger partial charge is 0.339 e. The number of nitrogens with zero attached hydrogens (tertiary/aromatic N) is 5. The van der Waals surface area contributed by atoms with Gasteiger partial charge in [-0.1, -0.05) is 0 Å². The molecule has 5 heterocycles. The van der Waals surface area contributed by atoms with Gasteiger partial charge >= 0.3 is 0 Å². The third-order valence-corrected chi connectivity index (χ3v) is 6.78. The average molecular weight is 397 g/mol. The summed E-state index contributed by atoms with van der Waals surface area (Å²) in [6, 6.07) is 2.73. The van der Waals surface area contributed by atoms with Gasteiger partial charge in [-0.15, -0.1) is 0 Å². The van der Waals surface area contributed by atoms with Gasteiger partial charge in [-0.05, 0) is 32.4 Å². The van der Waals surface area contributed by atoms with Crippen LogP contribution in [0.5, 0.6) is 0 Å². The van der Waals surface area contributed by atoms with E-state index in [4.69, 9.17) is 4.98 Å². The molecular weight excluding hydrogens is 373 g/mol. The van der Waals surface area contributed by atoms with E-state index < -0.39 is 5.95 Å². The first-order valence-electron chi connectivity index (χ1n) is 10.2. The highest BCUT2D eigenvalue weighted by atomic mass is 19.1. The van der Waals surface area contributed by atoms with Crippen molar-refractivity contribution in [2.75, 3.05) is 26.7 Å². The number of rotatable bonds is 1. The zero-order chi connectivity index (χ0) is 20.2. The van der Waals surface area contributed by atoms with E-state index in [0.29, 0.717) is 31.7 Å². The third-order valence-electron chi connectivity index (χ3n) is 6.78. The fraction of sp³-hybridized carbons (Fsp3) is 0.524. The van der Waals surface area contributed by atoms with E-state index in [2.05, 4.69) is 9.88 Å². The minimum atomic E-state index is -0.645. The third kappa shape index (κ3) is 2.97. The molecule has 1 saturated heterocycles. The van der Waals surface area contributed by atoms with Gasteiger partial charge in [0.1, 0.15) is 5.82 Å². The SMILES string of the molecule is CN1CCc2nc3n(c(=O)c2C1)CCC31CCN(C(=O)c2ccnc(F)c2)CC1. The Labute approximate surface area is 168 Å². The second-order valence-corrected chi connectivity index (χ2v) is 8.50. The summed E-state index contributed by atoms with van der Waals surface area (Å²) in [7, 11) is 2.03. The molecule has 5 rings (SSSR count). The van der Waals surface area contributed by atoms with Gasteiger partial charge in [0.05, 0.1) is 11.3 Å². The summed E-state index contributed by atoms with van der Waals surface area (Å²) in [6.45, 7) is 3.44. The summed E-state index contributed by atoms with van der Waals surface area (Å²) in [5.41, 5.74) is 2.09. The molecule has 152 valence electrons. The van der Waals surface area contributed by atoms with E-state index in [9.17, 15) is 14.0 Å². The second kappa shape index (κ2) is 6.73. The maximum absolute atomic E-state index is 13.4. The standard InChI is InChI=1S/C21H24FN5O2/c1-25-8-3-16-15(13-25)19(29)27-11-6-21(20(27)24-16)4-9-26(10-5-21)18(28)14-2-7-23-17(22)12-14/h2,7,12H,3-6,8-11,13H2,1H3. The number of piperidine rings is 1. The Morgan fingerprint density at radius 1 is 1.17 bits per heavy atom. The molecule has 0 saturated carbocycles. The van der Waals surface area contributed by atoms with Gasteiger partial charge in [-0.3, -0.25) is 14.2 Å². The molecular formula is C21H24FN5O2. The van der Waals surface area contributed by atoms with E-state index in [1.54, 1.807) is 11.0 Å². The van der Waals surface area contributed by atoms with Crippen LogP contribution < -0.4 is 5.56 Å². The molecule has 29 heavy (non-hydrogen) atoms. The van der Waals surface area contributed by atoms with Gasteiger partial charge in [-0.25, -0.2) is 9.97 Å². The van der Waals surface area contributed by atoms with Crippen molar-refractivity contribution >= 4 is 5.91 Å². The van der Waals surface area contributed by atoms with Crippen molar-refractivity contribution in [1.82, 2.24) is 24.3 Å². The summed E-state index contributed by atoms with van der Waals surface area (Å²) in [5.74, 6) is 0.0962. The van der Waals surface area contributed by atoms with E-state index in [-0.39, 0.29) is 16.9 Å². The lowest BCUT2D eigenvalue weighted by atomic mass is 9.76. The lowest BCUT2D eigenvalue weighted by Crippen LogP contribution is -2.45. The molecule has 0 N–H and O–H groups in total. The minimum absolute atomic E-state index is 0.110. The lowest BCUT2D eigenvalue weighted by molar-refractivity contribution is 0.0662. The number of amides is 1. The molecule has 7 nitrogen and oxygen atoms in total. The Balaban J connectivity index is 1.40. The minimum Gasteiger partial charge on any atom is -0.339 e. The zero-order valence-corrected chi connectivity index (χ0v) is 16.5. The molecule has 0 aliphatic carbocycles. The Morgan fingerprint density at radius 3 is 2.69 bits per heavy atom. The van der Waals surface area contributed by atoms with Gasteiger partial charge in [-0.2, -0.15) is 4.39 Å². The molecule has 1 amide bonds. The number of likely N-dealkylation sites (tertiary alicyclic amines) is 1. The molecule has 8 heteroatoms.